The molecular formula is C20H19NO7S. The number of furan rings is 1. The Balaban J connectivity index is 1.78. The van der Waals surface area contributed by atoms with Crippen LogP contribution in [0.4, 0.5) is 4.79 Å². The predicted molar refractivity (Wildman–Crippen MR) is 106 cm³/mol. The summed E-state index contributed by atoms with van der Waals surface area (Å²) in [7, 11) is 2.78. The summed E-state index contributed by atoms with van der Waals surface area (Å²) >= 11 is 0.836. The highest BCUT2D eigenvalue weighted by atomic mass is 32.2. The molecule has 0 bridgehead atoms. The van der Waals surface area contributed by atoms with Crippen LogP contribution in [-0.4, -0.2) is 42.8 Å². The van der Waals surface area contributed by atoms with E-state index in [0.29, 0.717) is 29.4 Å². The number of nitrogens with zero attached hydrogens (tertiary/aromatic N) is 1. The number of imide groups is 1. The molecule has 1 aromatic heterocycles. The number of amides is 2. The number of benzene rings is 1. The molecule has 2 aromatic rings. The van der Waals surface area contributed by atoms with Crippen molar-refractivity contribution in [2.75, 3.05) is 20.8 Å². The highest BCUT2D eigenvalue weighted by Gasteiger charge is 2.35. The van der Waals surface area contributed by atoms with E-state index in [9.17, 15) is 14.4 Å². The molecule has 2 heterocycles. The largest absolute Gasteiger partial charge is 0.493 e. The molecule has 0 saturated carbocycles. The van der Waals surface area contributed by atoms with Crippen molar-refractivity contribution in [1.82, 2.24) is 4.90 Å². The van der Waals surface area contributed by atoms with Crippen LogP contribution in [0, 0.1) is 0 Å². The van der Waals surface area contributed by atoms with Crippen molar-refractivity contribution in [2.24, 2.45) is 0 Å². The highest BCUT2D eigenvalue weighted by molar-refractivity contribution is 8.18. The average Bonchev–Trinajstić information content (AvgIpc) is 3.28. The number of methoxy groups -OCH3 is 2. The lowest BCUT2D eigenvalue weighted by Gasteiger charge is -2.10. The second-order valence-corrected chi connectivity index (χ2v) is 6.86. The van der Waals surface area contributed by atoms with Crippen LogP contribution < -0.4 is 9.47 Å². The van der Waals surface area contributed by atoms with E-state index in [4.69, 9.17) is 13.9 Å². The first-order valence-electron chi connectivity index (χ1n) is 8.70. The Morgan fingerprint density at radius 1 is 1.17 bits per heavy atom. The van der Waals surface area contributed by atoms with Crippen molar-refractivity contribution in [3.05, 3.63) is 52.3 Å². The van der Waals surface area contributed by atoms with Crippen LogP contribution in [0.1, 0.15) is 28.8 Å². The molecule has 0 aliphatic carbocycles. The molecule has 29 heavy (non-hydrogen) atoms. The van der Waals surface area contributed by atoms with E-state index in [1.807, 2.05) is 6.92 Å². The summed E-state index contributed by atoms with van der Waals surface area (Å²) in [6.07, 6.45) is 1.62. The van der Waals surface area contributed by atoms with Gasteiger partial charge < -0.3 is 18.6 Å². The van der Waals surface area contributed by atoms with Crippen LogP contribution in [0.2, 0.25) is 0 Å². The molecular weight excluding hydrogens is 398 g/mol. The molecule has 9 heteroatoms. The molecule has 8 nitrogen and oxygen atoms in total. The van der Waals surface area contributed by atoms with Crippen LogP contribution >= 0.6 is 11.8 Å². The Labute approximate surface area is 171 Å². The maximum atomic E-state index is 12.7. The van der Waals surface area contributed by atoms with Gasteiger partial charge in [-0.25, -0.2) is 4.79 Å². The minimum absolute atomic E-state index is 0.00620. The number of hydrogen-bond donors (Lipinski definition) is 0. The van der Waals surface area contributed by atoms with Crippen LogP contribution in [0.15, 0.2) is 39.7 Å². The van der Waals surface area contributed by atoms with Crippen LogP contribution in [0.5, 0.6) is 11.5 Å². The third-order valence-electron chi connectivity index (χ3n) is 4.02. The number of thioether (sulfide) groups is 1. The van der Waals surface area contributed by atoms with E-state index in [0.717, 1.165) is 16.7 Å². The first kappa shape index (κ1) is 20.5. The van der Waals surface area contributed by atoms with E-state index >= 15 is 0 Å². The fraction of sp³-hybridized carbons (Fsp3) is 0.250. The van der Waals surface area contributed by atoms with Crippen LogP contribution in [0.3, 0.4) is 0 Å². The van der Waals surface area contributed by atoms with E-state index in [-0.39, 0.29) is 17.2 Å². The van der Waals surface area contributed by atoms with E-state index in [2.05, 4.69) is 4.74 Å². The van der Waals surface area contributed by atoms with Gasteiger partial charge in [-0.3, -0.25) is 14.5 Å². The smallest absolute Gasteiger partial charge is 0.373 e. The van der Waals surface area contributed by atoms with Crippen molar-refractivity contribution in [3.8, 4) is 11.5 Å². The summed E-state index contributed by atoms with van der Waals surface area (Å²) in [5.74, 6) is 0.369. The Kier molecular flexibility index (Phi) is 6.28. The maximum Gasteiger partial charge on any atom is 0.373 e. The summed E-state index contributed by atoms with van der Waals surface area (Å²) in [6, 6.07) is 8.20. The zero-order valence-corrected chi connectivity index (χ0v) is 16.9. The van der Waals surface area contributed by atoms with Gasteiger partial charge in [0.05, 0.1) is 32.3 Å². The van der Waals surface area contributed by atoms with Crippen molar-refractivity contribution < 1.29 is 33.0 Å². The second kappa shape index (κ2) is 8.87. The third-order valence-corrected chi connectivity index (χ3v) is 4.93. The van der Waals surface area contributed by atoms with E-state index in [1.54, 1.807) is 31.4 Å². The average molecular weight is 417 g/mol. The zero-order valence-electron chi connectivity index (χ0n) is 16.1. The normalized spacial score (nSPS) is 15.1. The van der Waals surface area contributed by atoms with Gasteiger partial charge >= 0.3 is 5.97 Å². The summed E-state index contributed by atoms with van der Waals surface area (Å²) in [4.78, 5) is 37.8. The van der Waals surface area contributed by atoms with Crippen molar-refractivity contribution in [1.29, 1.82) is 0 Å². The third kappa shape index (κ3) is 4.45. The quantitative estimate of drug-likeness (QED) is 0.497. The van der Waals surface area contributed by atoms with Crippen molar-refractivity contribution in [2.45, 2.75) is 13.5 Å². The lowest BCUT2D eigenvalue weighted by atomic mass is 10.2. The minimum atomic E-state index is -0.630. The van der Waals surface area contributed by atoms with Gasteiger partial charge in [0.25, 0.3) is 11.1 Å². The Morgan fingerprint density at radius 3 is 2.66 bits per heavy atom. The Bertz CT molecular complexity index is 979. The molecule has 3 rings (SSSR count). The van der Waals surface area contributed by atoms with Gasteiger partial charge in [0.1, 0.15) is 5.76 Å². The first-order chi connectivity index (χ1) is 14.0. The summed E-state index contributed by atoms with van der Waals surface area (Å²) in [6.45, 7) is 2.25. The number of esters is 1. The lowest BCUT2D eigenvalue weighted by molar-refractivity contribution is -0.123. The maximum absolute atomic E-state index is 12.7. The van der Waals surface area contributed by atoms with Gasteiger partial charge in [0.15, 0.2) is 11.5 Å². The summed E-state index contributed by atoms with van der Waals surface area (Å²) < 4.78 is 20.7. The van der Waals surface area contributed by atoms with Crippen molar-refractivity contribution in [3.63, 3.8) is 0 Å². The molecule has 2 amide bonds. The second-order valence-electron chi connectivity index (χ2n) is 5.87. The molecule has 0 radical (unpaired) electrons. The highest BCUT2D eigenvalue weighted by Crippen LogP contribution is 2.35. The first-order valence-corrected chi connectivity index (χ1v) is 9.51. The lowest BCUT2D eigenvalue weighted by Crippen LogP contribution is -2.27. The number of rotatable bonds is 7. The van der Waals surface area contributed by atoms with Gasteiger partial charge in [-0.1, -0.05) is 6.07 Å². The fourth-order valence-electron chi connectivity index (χ4n) is 2.67. The van der Waals surface area contributed by atoms with Gasteiger partial charge in [-0.05, 0) is 54.6 Å². The molecule has 1 aliphatic heterocycles. The van der Waals surface area contributed by atoms with Crippen molar-refractivity contribution >= 4 is 35.0 Å². The van der Waals surface area contributed by atoms with Gasteiger partial charge in [0.2, 0.25) is 5.76 Å². The molecule has 1 fully saturated rings. The Hall–Kier alpha value is -3.20. The molecule has 1 aliphatic rings. The zero-order chi connectivity index (χ0) is 21.0. The fourth-order valence-corrected chi connectivity index (χ4v) is 3.51. The number of carbonyl (C=O) groups excluding carboxylic acids is 3. The minimum Gasteiger partial charge on any atom is -0.493 e. The molecule has 1 aromatic carbocycles. The molecule has 0 spiro atoms. The predicted octanol–water partition coefficient (Wildman–Crippen LogP) is 3.71. The molecule has 152 valence electrons. The summed E-state index contributed by atoms with van der Waals surface area (Å²) in [5.41, 5.74) is 0.700. The number of ether oxygens (including phenoxy) is 3. The van der Waals surface area contributed by atoms with E-state index < -0.39 is 17.1 Å². The summed E-state index contributed by atoms with van der Waals surface area (Å²) in [5, 5.41) is -0.421. The monoisotopic (exact) mass is 417 g/mol. The van der Waals surface area contributed by atoms with Crippen LogP contribution in [0.25, 0.3) is 6.08 Å². The number of carbonyl (C=O) groups is 3. The van der Waals surface area contributed by atoms with Gasteiger partial charge in [-0.15, -0.1) is 0 Å². The molecule has 1 saturated heterocycles. The molecule has 0 unspecified atom stereocenters. The standard InChI is InChI=1S/C20H19NO7S/c1-4-27-16-9-12(5-7-14(16)25-2)10-17-18(22)21(20(24)29-17)11-13-6-8-15(28-13)19(23)26-3/h5-10H,4,11H2,1-3H3. The molecule has 0 atom stereocenters. The van der Waals surface area contributed by atoms with Gasteiger partial charge in [0, 0.05) is 0 Å². The molecule has 0 N–H and O–H groups in total. The SMILES string of the molecule is CCOc1cc(C=C2SC(=O)N(Cc3ccc(C(=O)OC)o3)C2=O)ccc1OC. The van der Waals surface area contributed by atoms with Crippen LogP contribution in [-0.2, 0) is 16.1 Å². The topological polar surface area (TPSA) is 95.3 Å². The number of hydrogen-bond acceptors (Lipinski definition) is 8. The van der Waals surface area contributed by atoms with Gasteiger partial charge in [-0.2, -0.15) is 0 Å². The Morgan fingerprint density at radius 2 is 1.97 bits per heavy atom. The van der Waals surface area contributed by atoms with E-state index in [1.165, 1.54) is 19.2 Å².